The van der Waals surface area contributed by atoms with Gasteiger partial charge in [-0.1, -0.05) is 51.4 Å². The summed E-state index contributed by atoms with van der Waals surface area (Å²) in [6.45, 7) is 0.772. The van der Waals surface area contributed by atoms with E-state index in [-0.39, 0.29) is 10.7 Å². The molecule has 17 heavy (non-hydrogen) atoms. The summed E-state index contributed by atoms with van der Waals surface area (Å²) in [5.74, 6) is 0.823. The molecule has 6 heteroatoms. The molecule has 1 aliphatic heterocycles. The number of nitrogens with one attached hydrogen (secondary N) is 1. The van der Waals surface area contributed by atoms with E-state index in [9.17, 15) is 4.79 Å². The number of thioether (sulfide) groups is 1. The molecule has 0 bridgehead atoms. The molecule has 0 spiro atoms. The molecule has 90 valence electrons. The Hall–Kier alpha value is -0.520. The third kappa shape index (κ3) is 3.47. The second-order valence-corrected chi connectivity index (χ2v) is 5.87. The molecular formula is C11H10BrClN2OS. The van der Waals surface area contributed by atoms with Crippen LogP contribution in [0.3, 0.4) is 0 Å². The van der Waals surface area contributed by atoms with Gasteiger partial charge >= 0.3 is 0 Å². The average molecular weight is 334 g/mol. The SMILES string of the molecule is O=C(NC1=NCCS1)C(Br)c1ccc(Cl)cc1. The number of halogens is 2. The van der Waals surface area contributed by atoms with Crippen molar-refractivity contribution in [2.24, 2.45) is 4.99 Å². The maximum absolute atomic E-state index is 11.9. The van der Waals surface area contributed by atoms with Gasteiger partial charge in [0, 0.05) is 10.8 Å². The molecule has 1 aromatic rings. The van der Waals surface area contributed by atoms with Crippen molar-refractivity contribution in [2.75, 3.05) is 12.3 Å². The van der Waals surface area contributed by atoms with Crippen molar-refractivity contribution in [3.8, 4) is 0 Å². The van der Waals surface area contributed by atoms with Crippen LogP contribution in [0, 0.1) is 0 Å². The van der Waals surface area contributed by atoms with Crippen molar-refractivity contribution in [2.45, 2.75) is 4.83 Å². The molecular weight excluding hydrogens is 324 g/mol. The molecule has 1 aliphatic rings. The first-order valence-electron chi connectivity index (χ1n) is 5.04. The largest absolute Gasteiger partial charge is 0.304 e. The van der Waals surface area contributed by atoms with Crippen LogP contribution in [-0.2, 0) is 4.79 Å². The van der Waals surface area contributed by atoms with E-state index in [2.05, 4.69) is 26.2 Å². The highest BCUT2D eigenvalue weighted by atomic mass is 79.9. The van der Waals surface area contributed by atoms with Gasteiger partial charge < -0.3 is 5.32 Å². The first-order chi connectivity index (χ1) is 8.16. The van der Waals surface area contributed by atoms with Crippen molar-refractivity contribution in [1.82, 2.24) is 5.32 Å². The lowest BCUT2D eigenvalue weighted by Crippen LogP contribution is -2.30. The van der Waals surface area contributed by atoms with E-state index < -0.39 is 0 Å². The highest BCUT2D eigenvalue weighted by Crippen LogP contribution is 2.24. The van der Waals surface area contributed by atoms with Gasteiger partial charge in [0.15, 0.2) is 5.17 Å². The predicted molar refractivity (Wildman–Crippen MR) is 76.0 cm³/mol. The molecule has 3 nitrogen and oxygen atoms in total. The van der Waals surface area contributed by atoms with Crippen LogP contribution in [0.1, 0.15) is 10.4 Å². The number of carbonyl (C=O) groups is 1. The molecule has 1 heterocycles. The van der Waals surface area contributed by atoms with Crippen LogP contribution in [0.2, 0.25) is 5.02 Å². The van der Waals surface area contributed by atoms with Crippen LogP contribution < -0.4 is 5.32 Å². The number of carbonyl (C=O) groups excluding carboxylic acids is 1. The standard InChI is InChI=1S/C11H10BrClN2OS/c12-9(7-1-3-8(13)4-2-7)10(16)15-11-14-5-6-17-11/h1-4,9H,5-6H2,(H,14,15,16). The minimum absolute atomic E-state index is 0.111. The highest BCUT2D eigenvalue weighted by Gasteiger charge is 2.19. The number of amidine groups is 1. The summed E-state index contributed by atoms with van der Waals surface area (Å²) in [6.07, 6.45) is 0. The zero-order chi connectivity index (χ0) is 12.3. The van der Waals surface area contributed by atoms with Gasteiger partial charge in [-0.3, -0.25) is 9.79 Å². The van der Waals surface area contributed by atoms with E-state index in [1.807, 2.05) is 12.1 Å². The van der Waals surface area contributed by atoms with Crippen LogP contribution in [0.5, 0.6) is 0 Å². The van der Waals surface area contributed by atoms with Gasteiger partial charge in [0.05, 0.1) is 6.54 Å². The summed E-state index contributed by atoms with van der Waals surface area (Å²) >= 11 is 10.7. The summed E-state index contributed by atoms with van der Waals surface area (Å²) < 4.78 is 0. The Labute approximate surface area is 117 Å². The molecule has 1 N–H and O–H groups in total. The lowest BCUT2D eigenvalue weighted by atomic mass is 10.1. The van der Waals surface area contributed by atoms with Crippen LogP contribution in [0.15, 0.2) is 29.3 Å². The first-order valence-corrected chi connectivity index (χ1v) is 7.32. The van der Waals surface area contributed by atoms with Gasteiger partial charge in [-0.15, -0.1) is 0 Å². The molecule has 0 saturated carbocycles. The van der Waals surface area contributed by atoms with Crippen molar-refractivity contribution < 1.29 is 4.79 Å². The Bertz CT molecular complexity index is 449. The second kappa shape index (κ2) is 5.89. The summed E-state index contributed by atoms with van der Waals surface area (Å²) in [5.41, 5.74) is 0.871. The number of hydrogen-bond acceptors (Lipinski definition) is 3. The normalized spacial score (nSPS) is 16.5. The van der Waals surface area contributed by atoms with Crippen LogP contribution >= 0.6 is 39.3 Å². The first kappa shape index (κ1) is 12.9. The molecule has 0 radical (unpaired) electrons. The fourth-order valence-corrected chi connectivity index (χ4v) is 2.64. The van der Waals surface area contributed by atoms with E-state index in [1.165, 1.54) is 0 Å². The fourth-order valence-electron chi connectivity index (χ4n) is 1.36. The number of hydrogen-bond donors (Lipinski definition) is 1. The quantitative estimate of drug-likeness (QED) is 0.845. The summed E-state index contributed by atoms with van der Waals surface area (Å²) in [4.78, 5) is 15.7. The van der Waals surface area contributed by atoms with Gasteiger partial charge in [0.1, 0.15) is 4.83 Å². The molecule has 1 aromatic carbocycles. The van der Waals surface area contributed by atoms with E-state index in [0.717, 1.165) is 17.9 Å². The molecule has 1 atom stereocenters. The molecule has 1 amide bonds. The number of nitrogens with zero attached hydrogens (tertiary/aromatic N) is 1. The number of amides is 1. The lowest BCUT2D eigenvalue weighted by Gasteiger charge is -2.10. The van der Waals surface area contributed by atoms with Gasteiger partial charge in [-0.2, -0.15) is 0 Å². The van der Waals surface area contributed by atoms with Crippen molar-refractivity contribution >= 4 is 50.4 Å². The number of alkyl halides is 1. The van der Waals surface area contributed by atoms with Crippen molar-refractivity contribution in [3.05, 3.63) is 34.9 Å². The van der Waals surface area contributed by atoms with E-state index in [1.54, 1.807) is 23.9 Å². The van der Waals surface area contributed by atoms with Gasteiger partial charge in [0.25, 0.3) is 0 Å². The van der Waals surface area contributed by atoms with Crippen molar-refractivity contribution in [1.29, 1.82) is 0 Å². The number of benzene rings is 1. The minimum atomic E-state index is -0.385. The second-order valence-electron chi connectivity index (χ2n) is 3.44. The maximum Gasteiger partial charge on any atom is 0.244 e. The topological polar surface area (TPSA) is 41.5 Å². The Kier molecular flexibility index (Phi) is 4.48. The maximum atomic E-state index is 11.9. The fraction of sp³-hybridized carbons (Fsp3) is 0.273. The Morgan fingerprint density at radius 1 is 1.47 bits per heavy atom. The molecule has 0 aliphatic carbocycles. The zero-order valence-electron chi connectivity index (χ0n) is 8.82. The predicted octanol–water partition coefficient (Wildman–Crippen LogP) is 3.00. The van der Waals surface area contributed by atoms with E-state index >= 15 is 0 Å². The summed E-state index contributed by atoms with van der Waals surface area (Å²) in [6, 6.07) is 7.18. The Balaban J connectivity index is 2.01. The lowest BCUT2D eigenvalue weighted by molar-refractivity contribution is -0.119. The van der Waals surface area contributed by atoms with Gasteiger partial charge in [0.2, 0.25) is 5.91 Å². The molecule has 0 saturated heterocycles. The van der Waals surface area contributed by atoms with Crippen LogP contribution in [-0.4, -0.2) is 23.4 Å². The number of rotatable bonds is 2. The third-order valence-electron chi connectivity index (χ3n) is 2.21. The van der Waals surface area contributed by atoms with Crippen LogP contribution in [0.4, 0.5) is 0 Å². The Morgan fingerprint density at radius 3 is 2.76 bits per heavy atom. The smallest absolute Gasteiger partial charge is 0.244 e. The highest BCUT2D eigenvalue weighted by molar-refractivity contribution is 9.09. The Morgan fingerprint density at radius 2 is 2.18 bits per heavy atom. The summed E-state index contributed by atoms with van der Waals surface area (Å²) in [5, 5.41) is 4.15. The monoisotopic (exact) mass is 332 g/mol. The molecule has 0 fully saturated rings. The minimum Gasteiger partial charge on any atom is -0.304 e. The third-order valence-corrected chi connectivity index (χ3v) is 4.30. The molecule has 0 aromatic heterocycles. The van der Waals surface area contributed by atoms with Crippen molar-refractivity contribution in [3.63, 3.8) is 0 Å². The zero-order valence-corrected chi connectivity index (χ0v) is 12.0. The number of aliphatic imine (C=N–C) groups is 1. The van der Waals surface area contributed by atoms with E-state index in [4.69, 9.17) is 11.6 Å². The molecule has 1 unspecified atom stereocenters. The van der Waals surface area contributed by atoms with Gasteiger partial charge in [-0.05, 0) is 17.7 Å². The van der Waals surface area contributed by atoms with E-state index in [0.29, 0.717) is 10.2 Å². The molecule has 2 rings (SSSR count). The summed E-state index contributed by atoms with van der Waals surface area (Å²) in [7, 11) is 0. The van der Waals surface area contributed by atoms with Gasteiger partial charge in [-0.25, -0.2) is 0 Å². The van der Waals surface area contributed by atoms with Crippen LogP contribution in [0.25, 0.3) is 0 Å². The average Bonchev–Trinajstić information content (AvgIpc) is 2.82.